The van der Waals surface area contributed by atoms with E-state index in [-0.39, 0.29) is 31.4 Å². The molecule has 0 fully saturated rings. The molecule has 2 aromatic rings. The molecule has 0 bridgehead atoms. The Morgan fingerprint density at radius 3 is 2.70 bits per heavy atom. The van der Waals surface area contributed by atoms with E-state index in [2.05, 4.69) is 25.3 Å². The van der Waals surface area contributed by atoms with E-state index in [0.717, 1.165) is 0 Å². The zero-order valence-electron chi connectivity index (χ0n) is 13.5. The zero-order valence-corrected chi connectivity index (χ0v) is 13.5. The number of carbonyl (C=O) groups is 2. The van der Waals surface area contributed by atoms with Crippen molar-refractivity contribution in [1.82, 2.24) is 25.3 Å². The van der Waals surface area contributed by atoms with Crippen LogP contribution in [-0.4, -0.2) is 45.5 Å². The van der Waals surface area contributed by atoms with Gasteiger partial charge in [0.15, 0.2) is 0 Å². The molecule has 0 radical (unpaired) electrons. The summed E-state index contributed by atoms with van der Waals surface area (Å²) >= 11 is 0. The third-order valence-electron chi connectivity index (χ3n) is 2.65. The molecule has 0 unspecified atom stereocenters. The first-order valence-corrected chi connectivity index (χ1v) is 7.34. The monoisotopic (exact) mass is 319 g/mol. The van der Waals surface area contributed by atoms with Crippen LogP contribution in [0.1, 0.15) is 20.3 Å². The van der Waals surface area contributed by atoms with E-state index in [1.807, 2.05) is 32.0 Å². The van der Waals surface area contributed by atoms with Crippen LogP contribution in [0.3, 0.4) is 0 Å². The maximum absolute atomic E-state index is 11.7. The van der Waals surface area contributed by atoms with Crippen LogP contribution in [0, 0.1) is 0 Å². The first-order chi connectivity index (χ1) is 11.2. The van der Waals surface area contributed by atoms with Crippen molar-refractivity contribution in [3.8, 4) is 11.4 Å². The fourth-order valence-corrected chi connectivity index (χ4v) is 1.62. The van der Waals surface area contributed by atoms with E-state index < -0.39 is 0 Å². The number of aromatic nitrogens is 4. The summed E-state index contributed by atoms with van der Waals surface area (Å²) in [7, 11) is 1.30. The molecule has 2 aromatic heterocycles. The van der Waals surface area contributed by atoms with Gasteiger partial charge in [-0.05, 0) is 12.1 Å². The lowest BCUT2D eigenvalue weighted by molar-refractivity contribution is -0.140. The van der Waals surface area contributed by atoms with Gasteiger partial charge in [-0.3, -0.25) is 14.6 Å². The number of nitrogens with one attached hydrogen (secondary N) is 1. The summed E-state index contributed by atoms with van der Waals surface area (Å²) in [6, 6.07) is 5.47. The van der Waals surface area contributed by atoms with E-state index in [9.17, 15) is 9.59 Å². The van der Waals surface area contributed by atoms with Gasteiger partial charge in [-0.15, -0.1) is 5.10 Å². The van der Waals surface area contributed by atoms with E-state index >= 15 is 0 Å². The second-order valence-corrected chi connectivity index (χ2v) is 4.19. The molecule has 0 saturated heterocycles. The zero-order chi connectivity index (χ0) is 17.1. The first kappa shape index (κ1) is 18.3. The highest BCUT2D eigenvalue weighted by Gasteiger charge is 2.08. The molecule has 0 spiro atoms. The number of pyridine rings is 1. The van der Waals surface area contributed by atoms with E-state index in [0.29, 0.717) is 11.4 Å². The summed E-state index contributed by atoms with van der Waals surface area (Å²) in [6.07, 6.45) is 3.44. The summed E-state index contributed by atoms with van der Waals surface area (Å²) in [5, 5.41) is 10.4. The number of amides is 1. The van der Waals surface area contributed by atoms with E-state index in [4.69, 9.17) is 0 Å². The summed E-state index contributed by atoms with van der Waals surface area (Å²) in [4.78, 5) is 26.7. The van der Waals surface area contributed by atoms with Crippen LogP contribution < -0.4 is 5.32 Å². The van der Waals surface area contributed by atoms with Crippen molar-refractivity contribution in [2.24, 2.45) is 0 Å². The largest absolute Gasteiger partial charge is 0.469 e. The molecular formula is C15H21N5O3. The minimum atomic E-state index is -0.367. The van der Waals surface area contributed by atoms with Gasteiger partial charge in [-0.2, -0.15) is 0 Å². The van der Waals surface area contributed by atoms with Gasteiger partial charge in [0, 0.05) is 12.7 Å². The molecule has 0 aliphatic rings. The standard InChI is InChI=1S/C13H15N5O3.C2H6/c1-21-13(20)5-7-15-12(19)9-18-8-11(16-17-18)10-4-2-3-6-14-10;1-2/h2-4,6,8H,5,7,9H2,1H3,(H,15,19);1-2H3. The smallest absolute Gasteiger partial charge is 0.307 e. The number of nitrogens with zero attached hydrogens (tertiary/aromatic N) is 4. The Morgan fingerprint density at radius 1 is 1.26 bits per heavy atom. The lowest BCUT2D eigenvalue weighted by Crippen LogP contribution is -2.29. The van der Waals surface area contributed by atoms with Crippen molar-refractivity contribution < 1.29 is 14.3 Å². The Balaban J connectivity index is 0.00000127. The molecule has 8 heteroatoms. The lowest BCUT2D eigenvalue weighted by atomic mass is 10.3. The predicted molar refractivity (Wildman–Crippen MR) is 84.2 cm³/mol. The molecule has 0 aliphatic carbocycles. The van der Waals surface area contributed by atoms with Crippen molar-refractivity contribution in [2.75, 3.05) is 13.7 Å². The Labute approximate surface area is 134 Å². The molecule has 2 heterocycles. The Bertz CT molecular complexity index is 613. The highest BCUT2D eigenvalue weighted by Crippen LogP contribution is 2.11. The summed E-state index contributed by atoms with van der Waals surface area (Å²) in [5.74, 6) is -0.620. The van der Waals surface area contributed by atoms with Crippen LogP contribution in [0.5, 0.6) is 0 Å². The van der Waals surface area contributed by atoms with Crippen molar-refractivity contribution >= 4 is 11.9 Å². The van der Waals surface area contributed by atoms with Gasteiger partial charge < -0.3 is 10.1 Å². The number of methoxy groups -OCH3 is 1. The molecule has 1 amide bonds. The topological polar surface area (TPSA) is 99.0 Å². The summed E-state index contributed by atoms with van der Waals surface area (Å²) < 4.78 is 5.89. The van der Waals surface area contributed by atoms with Gasteiger partial charge in [0.2, 0.25) is 5.91 Å². The minimum absolute atomic E-state index is 0.0288. The number of esters is 1. The van der Waals surface area contributed by atoms with Gasteiger partial charge in [-0.25, -0.2) is 4.68 Å². The van der Waals surface area contributed by atoms with Crippen LogP contribution in [0.15, 0.2) is 30.6 Å². The Hall–Kier alpha value is -2.77. The minimum Gasteiger partial charge on any atom is -0.469 e. The molecule has 0 saturated carbocycles. The normalized spacial score (nSPS) is 9.52. The molecule has 8 nitrogen and oxygen atoms in total. The van der Waals surface area contributed by atoms with Gasteiger partial charge in [-0.1, -0.05) is 25.1 Å². The number of hydrogen-bond acceptors (Lipinski definition) is 6. The van der Waals surface area contributed by atoms with E-state index in [1.54, 1.807) is 12.4 Å². The molecular weight excluding hydrogens is 298 g/mol. The maximum atomic E-state index is 11.7. The highest BCUT2D eigenvalue weighted by atomic mass is 16.5. The number of carbonyl (C=O) groups excluding carboxylic acids is 2. The second kappa shape index (κ2) is 10.0. The van der Waals surface area contributed by atoms with Gasteiger partial charge in [0.05, 0.1) is 25.4 Å². The molecule has 23 heavy (non-hydrogen) atoms. The Kier molecular flexibility index (Phi) is 7.98. The van der Waals surface area contributed by atoms with Crippen LogP contribution in [0.4, 0.5) is 0 Å². The molecule has 1 N–H and O–H groups in total. The Morgan fingerprint density at radius 2 is 2.04 bits per heavy atom. The van der Waals surface area contributed by atoms with Crippen molar-refractivity contribution in [3.05, 3.63) is 30.6 Å². The molecule has 124 valence electrons. The average Bonchev–Trinajstić information content (AvgIpc) is 3.05. The SMILES string of the molecule is CC.COC(=O)CCNC(=O)Cn1cc(-c2ccccn2)nn1. The third kappa shape index (κ3) is 6.25. The average molecular weight is 319 g/mol. The number of rotatable bonds is 6. The molecule has 0 aromatic carbocycles. The molecule has 0 aliphatic heterocycles. The van der Waals surface area contributed by atoms with E-state index in [1.165, 1.54) is 11.8 Å². The first-order valence-electron chi connectivity index (χ1n) is 7.34. The predicted octanol–water partition coefficient (Wildman–Crippen LogP) is 1.05. The lowest BCUT2D eigenvalue weighted by Gasteiger charge is -2.03. The van der Waals surface area contributed by atoms with Crippen molar-refractivity contribution in [2.45, 2.75) is 26.8 Å². The second-order valence-electron chi connectivity index (χ2n) is 4.19. The molecule has 2 rings (SSSR count). The van der Waals surface area contributed by atoms with Gasteiger partial charge >= 0.3 is 5.97 Å². The number of ether oxygens (including phenoxy) is 1. The van der Waals surface area contributed by atoms with Gasteiger partial charge in [0.25, 0.3) is 0 Å². The maximum Gasteiger partial charge on any atom is 0.307 e. The van der Waals surface area contributed by atoms with Gasteiger partial charge in [0.1, 0.15) is 12.2 Å². The quantitative estimate of drug-likeness (QED) is 0.799. The fraction of sp³-hybridized carbons (Fsp3) is 0.400. The van der Waals surface area contributed by atoms with Crippen molar-refractivity contribution in [1.29, 1.82) is 0 Å². The number of hydrogen-bond donors (Lipinski definition) is 1. The molecule has 0 atom stereocenters. The van der Waals surface area contributed by atoms with Crippen LogP contribution in [-0.2, 0) is 20.9 Å². The fourth-order valence-electron chi connectivity index (χ4n) is 1.62. The van der Waals surface area contributed by atoms with Crippen molar-refractivity contribution in [3.63, 3.8) is 0 Å². The van der Waals surface area contributed by atoms with Crippen LogP contribution >= 0.6 is 0 Å². The highest BCUT2D eigenvalue weighted by molar-refractivity contribution is 5.76. The third-order valence-corrected chi connectivity index (χ3v) is 2.65. The van der Waals surface area contributed by atoms with Crippen LogP contribution in [0.25, 0.3) is 11.4 Å². The van der Waals surface area contributed by atoms with Crippen LogP contribution in [0.2, 0.25) is 0 Å². The summed E-state index contributed by atoms with van der Waals surface area (Å²) in [5.41, 5.74) is 1.29. The summed E-state index contributed by atoms with van der Waals surface area (Å²) in [6.45, 7) is 4.26.